The molecule has 0 radical (unpaired) electrons. The van der Waals surface area contributed by atoms with E-state index in [1.165, 1.54) is 17.2 Å². The van der Waals surface area contributed by atoms with E-state index in [9.17, 15) is 0 Å². The van der Waals surface area contributed by atoms with Gasteiger partial charge in [-0.1, -0.05) is 79.8 Å². The van der Waals surface area contributed by atoms with Gasteiger partial charge in [-0.3, -0.25) is 0 Å². The lowest BCUT2D eigenvalue weighted by Gasteiger charge is -2.52. The lowest BCUT2D eigenvalue weighted by molar-refractivity contribution is 0.0938. The van der Waals surface area contributed by atoms with Crippen molar-refractivity contribution in [2.45, 2.75) is 44.3 Å². The number of rotatable bonds is 2. The first-order valence-corrected chi connectivity index (χ1v) is 15.3. The van der Waals surface area contributed by atoms with Crippen LogP contribution in [0.15, 0.2) is 60.7 Å². The molecule has 0 spiro atoms. The normalized spacial score (nSPS) is 22.2. The van der Waals surface area contributed by atoms with Crippen molar-refractivity contribution in [3.05, 3.63) is 71.8 Å². The Morgan fingerprint density at radius 1 is 0.773 bits per heavy atom. The van der Waals surface area contributed by atoms with Gasteiger partial charge in [0.1, 0.15) is 5.60 Å². The molecule has 116 valence electrons. The second-order valence-electron chi connectivity index (χ2n) is 7.56. The Morgan fingerprint density at radius 2 is 1.23 bits per heavy atom. The first-order valence-electron chi connectivity index (χ1n) is 8.19. The third kappa shape index (κ3) is 2.51. The molecule has 1 nitrogen and oxygen atoms in total. The summed E-state index contributed by atoms with van der Waals surface area (Å²) in [5.41, 5.74) is 2.37. The Hall–Kier alpha value is -1.17. The van der Waals surface area contributed by atoms with Gasteiger partial charge < -0.3 is 4.43 Å². The topological polar surface area (TPSA) is 9.23 Å². The Labute approximate surface area is 136 Å². The van der Waals surface area contributed by atoms with E-state index in [-0.39, 0.29) is 5.60 Å². The van der Waals surface area contributed by atoms with Crippen molar-refractivity contribution in [1.82, 2.24) is 0 Å². The molecular formula is C19H26OSi2. The van der Waals surface area contributed by atoms with E-state index in [1.54, 1.807) is 0 Å². The predicted molar refractivity (Wildman–Crippen MR) is 99.1 cm³/mol. The minimum Gasteiger partial charge on any atom is -0.407 e. The molecule has 0 atom stereocenters. The smallest absolute Gasteiger partial charge is 0.175 e. The Kier molecular flexibility index (Phi) is 3.91. The largest absolute Gasteiger partial charge is 0.407 e. The Balaban J connectivity index is 2.14. The van der Waals surface area contributed by atoms with Crippen LogP contribution in [0.4, 0.5) is 0 Å². The molecule has 1 heterocycles. The van der Waals surface area contributed by atoms with Crippen LogP contribution in [0.25, 0.3) is 0 Å². The summed E-state index contributed by atoms with van der Waals surface area (Å²) in [6, 6.07) is 23.0. The van der Waals surface area contributed by atoms with Gasteiger partial charge in [-0.25, -0.2) is 0 Å². The lowest BCUT2D eigenvalue weighted by Crippen LogP contribution is -2.64. The fourth-order valence-corrected chi connectivity index (χ4v) is 10.00. The monoisotopic (exact) mass is 326 g/mol. The number of hydrogen-bond donors (Lipinski definition) is 0. The molecule has 2 aromatic carbocycles. The van der Waals surface area contributed by atoms with E-state index in [1.807, 2.05) is 0 Å². The second kappa shape index (κ2) is 5.48. The van der Waals surface area contributed by atoms with E-state index in [4.69, 9.17) is 4.43 Å². The van der Waals surface area contributed by atoms with Crippen LogP contribution in [0.1, 0.15) is 17.5 Å². The standard InChI is InChI=1S/C19H26OSi2/c1-21(2)16-15-19(20-22(21,3)4,17-11-7-5-8-12-17)18-13-9-6-10-14-18/h5-14H,15-16H2,1-4H3. The highest BCUT2D eigenvalue weighted by atomic mass is 29.3. The van der Waals surface area contributed by atoms with E-state index in [2.05, 4.69) is 86.9 Å². The minimum atomic E-state index is -1.68. The molecule has 2 aromatic rings. The summed E-state index contributed by atoms with van der Waals surface area (Å²) >= 11 is 0. The number of benzene rings is 2. The molecule has 0 saturated carbocycles. The van der Waals surface area contributed by atoms with Gasteiger partial charge in [-0.05, 0) is 30.6 Å². The van der Waals surface area contributed by atoms with Gasteiger partial charge in [0, 0.05) is 0 Å². The van der Waals surface area contributed by atoms with Crippen molar-refractivity contribution in [2.75, 3.05) is 0 Å². The molecule has 0 bridgehead atoms. The van der Waals surface area contributed by atoms with Crippen LogP contribution in [0.3, 0.4) is 0 Å². The molecule has 0 aliphatic carbocycles. The third-order valence-electron chi connectivity index (χ3n) is 5.64. The fraction of sp³-hybridized carbons (Fsp3) is 0.368. The summed E-state index contributed by atoms with van der Waals surface area (Å²) in [6.07, 6.45) is 1.11. The van der Waals surface area contributed by atoms with E-state index in [0.717, 1.165) is 6.42 Å². The van der Waals surface area contributed by atoms with Crippen molar-refractivity contribution in [3.63, 3.8) is 0 Å². The first kappa shape index (κ1) is 15.7. The second-order valence-corrected chi connectivity index (χ2v) is 22.7. The van der Waals surface area contributed by atoms with E-state index >= 15 is 0 Å². The van der Waals surface area contributed by atoms with Gasteiger partial charge in [0.05, 0.1) is 7.59 Å². The van der Waals surface area contributed by atoms with Gasteiger partial charge in [-0.15, -0.1) is 0 Å². The highest BCUT2D eigenvalue weighted by Crippen LogP contribution is 2.48. The molecule has 3 rings (SSSR count). The van der Waals surface area contributed by atoms with Gasteiger partial charge in [-0.2, -0.15) is 0 Å². The zero-order valence-electron chi connectivity index (χ0n) is 14.1. The molecule has 0 amide bonds. The minimum absolute atomic E-state index is 0.249. The summed E-state index contributed by atoms with van der Waals surface area (Å²) in [7, 11) is -2.94. The van der Waals surface area contributed by atoms with Crippen LogP contribution < -0.4 is 0 Å². The predicted octanol–water partition coefficient (Wildman–Crippen LogP) is 5.34. The van der Waals surface area contributed by atoms with Crippen molar-refractivity contribution in [3.8, 4) is 0 Å². The van der Waals surface area contributed by atoms with E-state index in [0.29, 0.717) is 0 Å². The van der Waals surface area contributed by atoms with Gasteiger partial charge in [0.2, 0.25) is 0 Å². The van der Waals surface area contributed by atoms with Crippen LogP contribution in [0.2, 0.25) is 32.2 Å². The van der Waals surface area contributed by atoms with Crippen molar-refractivity contribution < 1.29 is 4.43 Å². The van der Waals surface area contributed by atoms with Crippen LogP contribution in [-0.4, -0.2) is 15.4 Å². The zero-order valence-corrected chi connectivity index (χ0v) is 16.1. The quantitative estimate of drug-likeness (QED) is 0.677. The third-order valence-corrected chi connectivity index (χ3v) is 22.1. The molecule has 0 aromatic heterocycles. The van der Waals surface area contributed by atoms with Gasteiger partial charge in [0.25, 0.3) is 0 Å². The zero-order chi connectivity index (χ0) is 15.8. The van der Waals surface area contributed by atoms with Crippen LogP contribution in [0.5, 0.6) is 0 Å². The Morgan fingerprint density at radius 3 is 1.64 bits per heavy atom. The van der Waals surface area contributed by atoms with Gasteiger partial charge in [0.15, 0.2) is 7.83 Å². The molecular weight excluding hydrogens is 300 g/mol. The summed E-state index contributed by atoms with van der Waals surface area (Å²) < 4.78 is 7.05. The maximum atomic E-state index is 7.05. The maximum Gasteiger partial charge on any atom is 0.175 e. The Bertz CT molecular complexity index is 595. The summed E-state index contributed by atoms with van der Waals surface area (Å²) in [4.78, 5) is 0. The average molecular weight is 327 g/mol. The number of hydrogen-bond acceptors (Lipinski definition) is 1. The summed E-state index contributed by atoms with van der Waals surface area (Å²) in [5.74, 6) is 0. The van der Waals surface area contributed by atoms with Crippen molar-refractivity contribution in [2.24, 2.45) is 0 Å². The van der Waals surface area contributed by atoms with Gasteiger partial charge >= 0.3 is 0 Å². The summed E-state index contributed by atoms with van der Waals surface area (Å²) in [5, 5.41) is 0. The molecule has 1 aliphatic heterocycles. The highest BCUT2D eigenvalue weighted by molar-refractivity contribution is 7.38. The van der Waals surface area contributed by atoms with Crippen LogP contribution >= 0.6 is 0 Å². The molecule has 3 heteroatoms. The highest BCUT2D eigenvalue weighted by Gasteiger charge is 2.54. The molecule has 1 fully saturated rings. The molecule has 0 unspecified atom stereocenters. The summed E-state index contributed by atoms with van der Waals surface area (Å²) in [6.45, 7) is 9.89. The molecule has 1 aliphatic rings. The van der Waals surface area contributed by atoms with Crippen molar-refractivity contribution >= 4 is 15.4 Å². The van der Waals surface area contributed by atoms with E-state index < -0.39 is 15.4 Å². The average Bonchev–Trinajstić information content (AvgIpc) is 2.52. The molecule has 22 heavy (non-hydrogen) atoms. The molecule has 0 N–H and O–H groups in total. The lowest BCUT2D eigenvalue weighted by atomic mass is 9.84. The van der Waals surface area contributed by atoms with Crippen molar-refractivity contribution in [1.29, 1.82) is 0 Å². The van der Waals surface area contributed by atoms with Crippen LogP contribution in [0, 0.1) is 0 Å². The SMILES string of the molecule is C[Si]1(C)CCC(c2ccccc2)(c2ccccc2)O[Si]1(C)C. The van der Waals surface area contributed by atoms with Crippen LogP contribution in [-0.2, 0) is 10.0 Å². The maximum absolute atomic E-state index is 7.05. The first-order chi connectivity index (χ1) is 10.4. The molecule has 1 saturated heterocycles. The fourth-order valence-electron chi connectivity index (χ4n) is 3.40.